The molecule has 1 aliphatic heterocycles. The molecule has 0 saturated carbocycles. The zero-order valence-electron chi connectivity index (χ0n) is 13.7. The molecule has 0 aromatic heterocycles. The SMILES string of the molecule is Cl.NC1(C(=O)Nc2cccc(C(=O)c3ccccc3)c2)CCOCC1. The third-order valence-electron chi connectivity index (χ3n) is 4.26. The van der Waals surface area contributed by atoms with Crippen LogP contribution >= 0.6 is 12.4 Å². The highest BCUT2D eigenvalue weighted by molar-refractivity contribution is 6.10. The van der Waals surface area contributed by atoms with E-state index < -0.39 is 5.54 Å². The molecule has 0 unspecified atom stereocenters. The second kappa shape index (κ2) is 8.25. The Balaban J connectivity index is 0.00000225. The molecule has 6 heteroatoms. The lowest BCUT2D eigenvalue weighted by atomic mass is 9.90. The summed E-state index contributed by atoms with van der Waals surface area (Å²) in [6.07, 6.45) is 0.975. The fourth-order valence-electron chi connectivity index (χ4n) is 2.71. The Morgan fingerprint density at radius 1 is 0.960 bits per heavy atom. The summed E-state index contributed by atoms with van der Waals surface area (Å²) >= 11 is 0. The summed E-state index contributed by atoms with van der Waals surface area (Å²) in [6.45, 7) is 0.965. The molecule has 1 heterocycles. The van der Waals surface area contributed by atoms with Crippen LogP contribution in [0.2, 0.25) is 0 Å². The van der Waals surface area contributed by atoms with Crippen LogP contribution in [0.3, 0.4) is 0 Å². The van der Waals surface area contributed by atoms with E-state index in [1.54, 1.807) is 36.4 Å². The zero-order valence-corrected chi connectivity index (χ0v) is 14.6. The van der Waals surface area contributed by atoms with Crippen LogP contribution in [0.1, 0.15) is 28.8 Å². The normalized spacial score (nSPS) is 15.7. The van der Waals surface area contributed by atoms with E-state index in [1.807, 2.05) is 18.2 Å². The molecule has 1 amide bonds. The summed E-state index contributed by atoms with van der Waals surface area (Å²) < 4.78 is 5.26. The average Bonchev–Trinajstić information content (AvgIpc) is 2.62. The first-order valence-corrected chi connectivity index (χ1v) is 7.96. The topological polar surface area (TPSA) is 81.4 Å². The van der Waals surface area contributed by atoms with Gasteiger partial charge < -0.3 is 15.8 Å². The van der Waals surface area contributed by atoms with Gasteiger partial charge >= 0.3 is 0 Å². The fraction of sp³-hybridized carbons (Fsp3) is 0.263. The van der Waals surface area contributed by atoms with Crippen molar-refractivity contribution in [3.63, 3.8) is 0 Å². The number of ketones is 1. The van der Waals surface area contributed by atoms with Crippen LogP contribution in [0.5, 0.6) is 0 Å². The molecule has 2 aromatic rings. The van der Waals surface area contributed by atoms with Gasteiger partial charge in [0.25, 0.3) is 0 Å². The molecular weight excluding hydrogens is 340 g/mol. The first kappa shape index (κ1) is 19.1. The maximum Gasteiger partial charge on any atom is 0.244 e. The quantitative estimate of drug-likeness (QED) is 0.821. The number of nitrogens with one attached hydrogen (secondary N) is 1. The third kappa shape index (κ3) is 4.45. The van der Waals surface area contributed by atoms with Crippen molar-refractivity contribution in [3.8, 4) is 0 Å². The van der Waals surface area contributed by atoms with Crippen LogP contribution < -0.4 is 11.1 Å². The van der Waals surface area contributed by atoms with E-state index in [0.29, 0.717) is 42.9 Å². The minimum atomic E-state index is -0.919. The van der Waals surface area contributed by atoms with Crippen LogP contribution in [-0.4, -0.2) is 30.4 Å². The lowest BCUT2D eigenvalue weighted by molar-refractivity contribution is -0.124. The molecule has 0 aliphatic carbocycles. The number of rotatable bonds is 4. The van der Waals surface area contributed by atoms with Crippen molar-refractivity contribution in [3.05, 3.63) is 65.7 Å². The van der Waals surface area contributed by atoms with Gasteiger partial charge in [-0.2, -0.15) is 0 Å². The number of ether oxygens (including phenoxy) is 1. The van der Waals surface area contributed by atoms with E-state index in [1.165, 1.54) is 0 Å². The Bertz CT molecular complexity index is 743. The number of carbonyl (C=O) groups is 2. The smallest absolute Gasteiger partial charge is 0.244 e. The molecule has 0 spiro atoms. The summed E-state index contributed by atoms with van der Waals surface area (Å²) in [5.74, 6) is -0.324. The Morgan fingerprint density at radius 2 is 1.60 bits per heavy atom. The number of hydrogen-bond acceptors (Lipinski definition) is 4. The molecule has 5 nitrogen and oxygen atoms in total. The van der Waals surface area contributed by atoms with Gasteiger partial charge in [-0.25, -0.2) is 0 Å². The van der Waals surface area contributed by atoms with Gasteiger partial charge in [0, 0.05) is 30.0 Å². The number of hydrogen-bond donors (Lipinski definition) is 2. The van der Waals surface area contributed by atoms with Gasteiger partial charge in [0.05, 0.1) is 0 Å². The van der Waals surface area contributed by atoms with Crippen LogP contribution in [-0.2, 0) is 9.53 Å². The minimum absolute atomic E-state index is 0. The Labute approximate surface area is 153 Å². The Morgan fingerprint density at radius 3 is 2.28 bits per heavy atom. The maximum atomic E-state index is 12.5. The predicted octanol–water partition coefficient (Wildman–Crippen LogP) is 2.79. The number of nitrogens with two attached hydrogens (primary N) is 1. The number of amides is 1. The van der Waals surface area contributed by atoms with E-state index in [2.05, 4.69) is 5.32 Å². The highest BCUT2D eigenvalue weighted by Crippen LogP contribution is 2.21. The molecule has 2 aromatic carbocycles. The number of benzene rings is 2. The highest BCUT2D eigenvalue weighted by Gasteiger charge is 2.35. The van der Waals surface area contributed by atoms with Gasteiger partial charge in [-0.1, -0.05) is 42.5 Å². The molecule has 0 atom stereocenters. The molecule has 3 rings (SSSR count). The van der Waals surface area contributed by atoms with Crippen LogP contribution in [0, 0.1) is 0 Å². The molecule has 1 aliphatic rings. The van der Waals surface area contributed by atoms with Gasteiger partial charge in [-0.15, -0.1) is 12.4 Å². The second-order valence-electron chi connectivity index (χ2n) is 6.00. The summed E-state index contributed by atoms with van der Waals surface area (Å²) in [5, 5.41) is 2.83. The number of carbonyl (C=O) groups excluding carboxylic acids is 2. The largest absolute Gasteiger partial charge is 0.381 e. The Kier molecular flexibility index (Phi) is 6.31. The fourth-order valence-corrected chi connectivity index (χ4v) is 2.71. The van der Waals surface area contributed by atoms with E-state index in [-0.39, 0.29) is 24.1 Å². The van der Waals surface area contributed by atoms with Crippen LogP contribution in [0.15, 0.2) is 54.6 Å². The first-order chi connectivity index (χ1) is 11.6. The van der Waals surface area contributed by atoms with Crippen LogP contribution in [0.4, 0.5) is 5.69 Å². The molecule has 1 fully saturated rings. The van der Waals surface area contributed by atoms with E-state index in [9.17, 15) is 9.59 Å². The molecule has 0 bridgehead atoms. The van der Waals surface area contributed by atoms with Gasteiger partial charge in [0.2, 0.25) is 5.91 Å². The monoisotopic (exact) mass is 360 g/mol. The van der Waals surface area contributed by atoms with Crippen molar-refractivity contribution >= 4 is 29.8 Å². The first-order valence-electron chi connectivity index (χ1n) is 7.96. The summed E-state index contributed by atoms with van der Waals surface area (Å²) in [6, 6.07) is 16.0. The second-order valence-corrected chi connectivity index (χ2v) is 6.00. The minimum Gasteiger partial charge on any atom is -0.381 e. The van der Waals surface area contributed by atoms with Gasteiger partial charge in [0.15, 0.2) is 5.78 Å². The van der Waals surface area contributed by atoms with Crippen LogP contribution in [0.25, 0.3) is 0 Å². The molecule has 132 valence electrons. The molecule has 3 N–H and O–H groups in total. The number of anilines is 1. The Hall–Kier alpha value is -2.21. The zero-order chi connectivity index (χ0) is 17.0. The summed E-state index contributed by atoms with van der Waals surface area (Å²) in [4.78, 5) is 25.0. The van der Waals surface area contributed by atoms with Crippen molar-refractivity contribution in [1.29, 1.82) is 0 Å². The number of halogens is 1. The summed E-state index contributed by atoms with van der Waals surface area (Å²) in [7, 11) is 0. The lowest BCUT2D eigenvalue weighted by Crippen LogP contribution is -2.54. The molecular formula is C19H21ClN2O3. The van der Waals surface area contributed by atoms with Crippen molar-refractivity contribution < 1.29 is 14.3 Å². The van der Waals surface area contributed by atoms with E-state index >= 15 is 0 Å². The standard InChI is InChI=1S/C19H20N2O3.ClH/c20-19(9-11-24-12-10-19)18(23)21-16-8-4-7-15(13-16)17(22)14-5-2-1-3-6-14;/h1-8,13H,9-12,20H2,(H,21,23);1H. The molecule has 25 heavy (non-hydrogen) atoms. The third-order valence-corrected chi connectivity index (χ3v) is 4.26. The molecule has 1 saturated heterocycles. The van der Waals surface area contributed by atoms with Gasteiger partial charge in [-0.3, -0.25) is 9.59 Å². The highest BCUT2D eigenvalue weighted by atomic mass is 35.5. The van der Waals surface area contributed by atoms with Crippen molar-refractivity contribution in [2.45, 2.75) is 18.4 Å². The van der Waals surface area contributed by atoms with Crippen molar-refractivity contribution in [2.24, 2.45) is 5.73 Å². The van der Waals surface area contributed by atoms with Crippen molar-refractivity contribution in [2.75, 3.05) is 18.5 Å². The van der Waals surface area contributed by atoms with E-state index in [0.717, 1.165) is 0 Å². The van der Waals surface area contributed by atoms with Crippen molar-refractivity contribution in [1.82, 2.24) is 0 Å². The average molecular weight is 361 g/mol. The van der Waals surface area contributed by atoms with Gasteiger partial charge in [0.1, 0.15) is 5.54 Å². The molecule has 0 radical (unpaired) electrons. The maximum absolute atomic E-state index is 12.5. The summed E-state index contributed by atoms with van der Waals surface area (Å²) in [5.41, 5.74) is 6.97. The predicted molar refractivity (Wildman–Crippen MR) is 99.2 cm³/mol. The lowest BCUT2D eigenvalue weighted by Gasteiger charge is -2.31. The van der Waals surface area contributed by atoms with E-state index in [4.69, 9.17) is 10.5 Å². The van der Waals surface area contributed by atoms with Gasteiger partial charge in [-0.05, 0) is 25.0 Å².